The number of methoxy groups -OCH3 is 2. The van der Waals surface area contributed by atoms with Crippen LogP contribution in [0.1, 0.15) is 59.7 Å². The van der Waals surface area contributed by atoms with Crippen molar-refractivity contribution in [2.75, 3.05) is 59.1 Å². The summed E-state index contributed by atoms with van der Waals surface area (Å²) in [7, 11) is 2.73. The summed E-state index contributed by atoms with van der Waals surface area (Å²) in [4.78, 5) is 11.8. The van der Waals surface area contributed by atoms with Crippen LogP contribution in [0.5, 0.6) is 17.2 Å². The molecule has 3 aromatic carbocycles. The average Bonchev–Trinajstić information content (AvgIpc) is 3.36. The highest BCUT2D eigenvalue weighted by molar-refractivity contribution is 6.62. The molecule has 14 heteroatoms. The monoisotopic (exact) mass is 758 g/mol. The number of fused-ring (bicyclic) bond motifs is 1. The second kappa shape index (κ2) is 17.9. The fourth-order valence-electron chi connectivity index (χ4n) is 5.85. The zero-order chi connectivity index (χ0) is 39.8. The molecule has 0 unspecified atom stereocenters. The number of carbonyl (C=O) groups excluding carboxylic acids is 1. The van der Waals surface area contributed by atoms with Gasteiger partial charge in [0, 0.05) is 41.1 Å². The highest BCUT2D eigenvalue weighted by Gasteiger charge is 2.51. The van der Waals surface area contributed by atoms with Crippen molar-refractivity contribution >= 4 is 35.3 Å². The van der Waals surface area contributed by atoms with Gasteiger partial charge in [-0.3, -0.25) is 0 Å². The Balaban J connectivity index is 1.28. The van der Waals surface area contributed by atoms with Gasteiger partial charge in [0.05, 0.1) is 57.5 Å². The van der Waals surface area contributed by atoms with Crippen LogP contribution in [0.15, 0.2) is 54.6 Å². The number of aromatic nitrogens is 2. The number of aryl methyl sites for hydroxylation is 1. The molecule has 55 heavy (non-hydrogen) atoms. The quantitative estimate of drug-likeness (QED) is 0.0901. The lowest BCUT2D eigenvalue weighted by Gasteiger charge is -2.32. The third kappa shape index (κ3) is 10.8. The first-order chi connectivity index (χ1) is 26.1. The second-order valence-electron chi connectivity index (χ2n) is 15.3. The third-order valence-electron chi connectivity index (χ3n) is 9.52. The van der Waals surface area contributed by atoms with E-state index in [1.54, 1.807) is 14.2 Å². The molecule has 1 amide bonds. The molecule has 296 valence electrons. The van der Waals surface area contributed by atoms with E-state index < -0.39 is 30.0 Å². The molecular weight excluding hydrogens is 703 g/mol. The molecule has 0 saturated carbocycles. The minimum atomic E-state index is -0.544. The first-order valence-electron chi connectivity index (χ1n) is 18.6. The zero-order valence-electron chi connectivity index (χ0n) is 33.8. The third-order valence-corrected chi connectivity index (χ3v) is 9.52. The zero-order valence-corrected chi connectivity index (χ0v) is 33.8. The average molecular weight is 759 g/mol. The van der Waals surface area contributed by atoms with Gasteiger partial charge in [0.25, 0.3) is 0 Å². The molecule has 0 spiro atoms. The molecule has 4 aromatic rings. The van der Waals surface area contributed by atoms with Gasteiger partial charge in [-0.05, 0) is 96.7 Å². The Morgan fingerprint density at radius 3 is 2.20 bits per heavy atom. The second-order valence-corrected chi connectivity index (χ2v) is 15.3. The number of anilines is 1. The van der Waals surface area contributed by atoms with Gasteiger partial charge in [-0.15, -0.1) is 5.10 Å². The summed E-state index contributed by atoms with van der Waals surface area (Å²) >= 11 is 0. The van der Waals surface area contributed by atoms with E-state index in [4.69, 9.17) is 37.7 Å². The van der Waals surface area contributed by atoms with Crippen molar-refractivity contribution in [1.82, 2.24) is 15.5 Å². The fourth-order valence-corrected chi connectivity index (χ4v) is 5.85. The molecule has 2 heterocycles. The van der Waals surface area contributed by atoms with Crippen molar-refractivity contribution in [1.29, 1.82) is 0 Å². The summed E-state index contributed by atoms with van der Waals surface area (Å²) in [5.41, 5.74) is 2.94. The Labute approximate surface area is 324 Å². The van der Waals surface area contributed by atoms with Crippen LogP contribution in [0, 0.1) is 6.92 Å². The van der Waals surface area contributed by atoms with Crippen LogP contribution in [-0.4, -0.2) is 94.0 Å². The van der Waals surface area contributed by atoms with Crippen molar-refractivity contribution in [3.8, 4) is 28.4 Å². The lowest BCUT2D eigenvalue weighted by atomic mass is 9.77. The van der Waals surface area contributed by atoms with Crippen LogP contribution >= 0.6 is 0 Å². The number of nitrogens with zero attached hydrogens (tertiary/aromatic N) is 2. The first kappa shape index (κ1) is 41.5. The number of carbonyl (C=O) groups is 1. The molecule has 0 atom stereocenters. The van der Waals surface area contributed by atoms with E-state index in [9.17, 15) is 4.79 Å². The Bertz CT molecular complexity index is 1920. The summed E-state index contributed by atoms with van der Waals surface area (Å²) in [6, 6.07) is 18.0. The van der Waals surface area contributed by atoms with Crippen LogP contribution in [-0.2, 0) is 30.1 Å². The summed E-state index contributed by atoms with van der Waals surface area (Å²) in [6.45, 7) is 18.2. The highest BCUT2D eigenvalue weighted by atomic mass is 16.7. The van der Waals surface area contributed by atoms with Gasteiger partial charge in [-0.25, -0.2) is 4.79 Å². The van der Waals surface area contributed by atoms with Gasteiger partial charge < -0.3 is 48.4 Å². The van der Waals surface area contributed by atoms with Crippen LogP contribution in [0.4, 0.5) is 10.6 Å². The summed E-state index contributed by atoms with van der Waals surface area (Å²) in [6.07, 6.45) is -0.468. The molecule has 1 saturated heterocycles. The molecule has 1 fully saturated rings. The van der Waals surface area contributed by atoms with Crippen LogP contribution in [0.3, 0.4) is 0 Å². The number of ether oxygens (including phenoxy) is 6. The highest BCUT2D eigenvalue weighted by Crippen LogP contribution is 2.38. The molecule has 0 aliphatic carbocycles. The molecule has 13 nitrogen and oxygen atoms in total. The summed E-state index contributed by atoms with van der Waals surface area (Å²) in [5.74, 6) is 2.79. The van der Waals surface area contributed by atoms with Crippen molar-refractivity contribution < 1.29 is 42.5 Å². The number of hydrogen-bond donors (Lipinski definition) is 2. The van der Waals surface area contributed by atoms with Gasteiger partial charge >= 0.3 is 13.2 Å². The number of benzene rings is 3. The Morgan fingerprint density at radius 1 is 0.800 bits per heavy atom. The van der Waals surface area contributed by atoms with E-state index in [1.165, 1.54) is 0 Å². The Hall–Kier alpha value is -4.63. The molecule has 1 aliphatic heterocycles. The van der Waals surface area contributed by atoms with E-state index >= 15 is 0 Å². The number of alkyl carbamates (subject to hydrolysis) is 1. The largest absolute Gasteiger partial charge is 0.497 e. The van der Waals surface area contributed by atoms with Crippen LogP contribution < -0.4 is 30.3 Å². The van der Waals surface area contributed by atoms with Crippen molar-refractivity contribution in [2.24, 2.45) is 0 Å². The van der Waals surface area contributed by atoms with Crippen LogP contribution in [0.2, 0.25) is 0 Å². The first-order valence-corrected chi connectivity index (χ1v) is 18.6. The standard InChI is InChI=1S/C41H55BN4O9/c1-27-33-23-28(12-15-32(33)37(46-45-27)44-26-29-11-14-31(48-9)25-36(29)49-10)34-24-30(42-54-40(5,6)41(7,8)55-42)13-16-35(34)52-22-21-51-20-19-50-18-17-43-38(47)53-39(2,3)4/h11-16,23-25H,17-22,26H2,1-10H3,(H,43,47)(H,44,46). The number of nitrogens with one attached hydrogen (secondary N) is 2. The van der Waals surface area contributed by atoms with Gasteiger partial charge in [0.15, 0.2) is 5.82 Å². The lowest BCUT2D eigenvalue weighted by molar-refractivity contribution is 0.00578. The minimum absolute atomic E-state index is 0.323. The number of rotatable bonds is 17. The maximum atomic E-state index is 11.8. The van der Waals surface area contributed by atoms with E-state index in [-0.39, 0.29) is 0 Å². The van der Waals surface area contributed by atoms with Gasteiger partial charge in [-0.2, -0.15) is 5.10 Å². The van der Waals surface area contributed by atoms with E-state index in [2.05, 4.69) is 45.1 Å². The molecule has 2 N–H and O–H groups in total. The maximum Gasteiger partial charge on any atom is 0.494 e. The maximum absolute atomic E-state index is 11.8. The molecule has 5 rings (SSSR count). The van der Waals surface area contributed by atoms with E-state index in [0.717, 1.165) is 50.1 Å². The van der Waals surface area contributed by atoms with Crippen molar-refractivity contribution in [3.63, 3.8) is 0 Å². The fraction of sp³-hybridized carbons (Fsp3) is 0.488. The summed E-state index contributed by atoms with van der Waals surface area (Å²) in [5, 5.41) is 17.0. The number of amides is 1. The Kier molecular flexibility index (Phi) is 13.5. The number of hydrogen-bond acceptors (Lipinski definition) is 12. The SMILES string of the molecule is COc1ccc(CNc2nnc(C)c3cc(-c4cc(B5OC(C)(C)C(C)(C)O5)ccc4OCCOCCOCCNC(=O)OC(C)(C)C)ccc23)c(OC)c1. The van der Waals surface area contributed by atoms with E-state index in [1.807, 2.05) is 85.7 Å². The molecule has 1 aromatic heterocycles. The molecular formula is C41H55BN4O9. The topological polar surface area (TPSA) is 141 Å². The van der Waals surface area contributed by atoms with Gasteiger partial charge in [-0.1, -0.05) is 18.2 Å². The minimum Gasteiger partial charge on any atom is -0.497 e. The van der Waals surface area contributed by atoms with Gasteiger partial charge in [0.2, 0.25) is 0 Å². The predicted octanol–water partition coefficient (Wildman–Crippen LogP) is 6.47. The summed E-state index contributed by atoms with van der Waals surface area (Å²) < 4.78 is 46.7. The van der Waals surface area contributed by atoms with Crippen molar-refractivity contribution in [3.05, 3.63) is 65.9 Å². The predicted molar refractivity (Wildman–Crippen MR) is 214 cm³/mol. The molecule has 0 radical (unpaired) electrons. The van der Waals surface area contributed by atoms with Crippen molar-refractivity contribution in [2.45, 2.75) is 78.7 Å². The normalized spacial score (nSPS) is 14.8. The van der Waals surface area contributed by atoms with Gasteiger partial charge in [0.1, 0.15) is 29.5 Å². The lowest BCUT2D eigenvalue weighted by Crippen LogP contribution is -2.41. The Morgan fingerprint density at radius 2 is 1.51 bits per heavy atom. The van der Waals surface area contributed by atoms with E-state index in [0.29, 0.717) is 57.7 Å². The molecule has 1 aliphatic rings. The van der Waals surface area contributed by atoms with Crippen LogP contribution in [0.25, 0.3) is 21.9 Å². The smallest absolute Gasteiger partial charge is 0.494 e. The molecule has 0 bridgehead atoms.